The van der Waals surface area contributed by atoms with E-state index in [1.165, 1.54) is 17.5 Å². The Morgan fingerprint density at radius 1 is 1.03 bits per heavy atom. The second kappa shape index (κ2) is 8.62. The molecule has 0 amide bonds. The monoisotopic (exact) mass is 437 g/mol. The van der Waals surface area contributed by atoms with Gasteiger partial charge in [0.05, 0.1) is 0 Å². The molecule has 3 nitrogen and oxygen atoms in total. The summed E-state index contributed by atoms with van der Waals surface area (Å²) in [5.41, 5.74) is 5.41. The van der Waals surface area contributed by atoms with E-state index >= 15 is 0 Å². The summed E-state index contributed by atoms with van der Waals surface area (Å²) in [5, 5.41) is 7.11. The first-order valence-corrected chi connectivity index (χ1v) is 15.3. The van der Waals surface area contributed by atoms with Gasteiger partial charge in [-0.2, -0.15) is 0 Å². The highest BCUT2D eigenvalue weighted by molar-refractivity contribution is 6.76. The molecule has 2 aliphatic carbocycles. The summed E-state index contributed by atoms with van der Waals surface area (Å²) in [6.07, 6.45) is 8.66. The Kier molecular flexibility index (Phi) is 6.39. The van der Waals surface area contributed by atoms with Crippen LogP contribution in [0.5, 0.6) is 0 Å². The Labute approximate surface area is 191 Å². The molecule has 1 aromatic carbocycles. The number of allylic oxidation sites excluding steroid dienone is 4. The van der Waals surface area contributed by atoms with Crippen LogP contribution in [0.2, 0.25) is 18.6 Å². The fraction of sp³-hybridized carbons (Fsp3) is 0.630. The molecule has 4 rings (SSSR count). The van der Waals surface area contributed by atoms with Gasteiger partial charge in [0.25, 0.3) is 0 Å². The van der Waals surface area contributed by atoms with Crippen LogP contribution in [0.3, 0.4) is 0 Å². The molecule has 4 atom stereocenters. The van der Waals surface area contributed by atoms with E-state index in [2.05, 4.69) is 105 Å². The largest absolute Gasteiger partial charge is 0.299 e. The molecule has 2 fully saturated rings. The lowest BCUT2D eigenvalue weighted by Crippen LogP contribution is -2.63. The highest BCUT2D eigenvalue weighted by Gasteiger charge is 2.54. The van der Waals surface area contributed by atoms with Crippen molar-refractivity contribution in [2.24, 2.45) is 23.7 Å². The maximum atomic E-state index is 3.55. The Morgan fingerprint density at radius 2 is 1.68 bits per heavy atom. The Balaban J connectivity index is 1.65. The second-order valence-electron chi connectivity index (χ2n) is 11.9. The van der Waals surface area contributed by atoms with Gasteiger partial charge in [-0.05, 0) is 57.7 Å². The second-order valence-corrected chi connectivity index (χ2v) is 16.5. The van der Waals surface area contributed by atoms with Crippen molar-refractivity contribution in [3.05, 3.63) is 53.6 Å². The summed E-state index contributed by atoms with van der Waals surface area (Å²) < 4.78 is 2.75. The quantitative estimate of drug-likeness (QED) is 0.584. The predicted molar refractivity (Wildman–Crippen MR) is 136 cm³/mol. The molecule has 1 heterocycles. The highest BCUT2D eigenvalue weighted by atomic mass is 28.3. The zero-order chi connectivity index (χ0) is 22.4. The van der Waals surface area contributed by atoms with Gasteiger partial charge in [0.2, 0.25) is 0 Å². The molecule has 4 heteroatoms. The molecule has 1 saturated heterocycles. The molecule has 1 aromatic rings. The smallest absolute Gasteiger partial charge is 0.129 e. The Hall–Kier alpha value is -1.20. The summed E-state index contributed by atoms with van der Waals surface area (Å²) in [4.78, 5) is 0. The van der Waals surface area contributed by atoms with E-state index in [-0.39, 0.29) is 5.41 Å². The minimum absolute atomic E-state index is 0.204. The first-order chi connectivity index (χ1) is 14.6. The number of benzene rings is 1. The van der Waals surface area contributed by atoms with Crippen molar-refractivity contribution in [1.82, 2.24) is 15.2 Å². The Morgan fingerprint density at radius 3 is 2.26 bits per heavy atom. The molecule has 0 spiro atoms. The summed E-state index contributed by atoms with van der Waals surface area (Å²) in [6, 6.07) is 9.45. The lowest BCUT2D eigenvalue weighted by atomic mass is 9.80. The van der Waals surface area contributed by atoms with Gasteiger partial charge in [0, 0.05) is 20.0 Å². The number of nitrogens with zero attached hydrogens (tertiary/aromatic N) is 1. The Bertz CT molecular complexity index is 825. The molecular weight excluding hydrogens is 394 g/mol. The molecule has 31 heavy (non-hydrogen) atoms. The molecule has 0 bridgehead atoms. The van der Waals surface area contributed by atoms with Gasteiger partial charge in [-0.3, -0.25) is 15.2 Å². The molecule has 4 unspecified atom stereocenters. The third-order valence-electron chi connectivity index (χ3n) is 8.30. The van der Waals surface area contributed by atoms with Gasteiger partial charge in [-0.25, -0.2) is 0 Å². The third-order valence-corrected chi connectivity index (χ3v) is 12.7. The molecule has 2 N–H and O–H groups in total. The average molecular weight is 438 g/mol. The highest BCUT2D eigenvalue weighted by Crippen LogP contribution is 2.59. The molecule has 1 aliphatic heterocycles. The third kappa shape index (κ3) is 4.37. The minimum atomic E-state index is -1.64. The molecule has 1 saturated carbocycles. The molecule has 0 aromatic heterocycles. The van der Waals surface area contributed by atoms with Crippen LogP contribution in [-0.2, 0) is 5.41 Å². The van der Waals surface area contributed by atoms with E-state index in [9.17, 15) is 0 Å². The topological polar surface area (TPSA) is 27.3 Å². The van der Waals surface area contributed by atoms with Crippen LogP contribution in [0.1, 0.15) is 52.2 Å². The van der Waals surface area contributed by atoms with Crippen LogP contribution < -0.4 is 10.6 Å². The number of fused-ring (bicyclic) bond motifs is 1. The van der Waals surface area contributed by atoms with Crippen molar-refractivity contribution < 1.29 is 0 Å². The SMILES string of the molecule is CC(C)C1CC2C(c3ccc(C(C)(C)C)cc3)=CC=CC2C1[Si](C)(C)N1CNCNC1. The van der Waals surface area contributed by atoms with Crippen molar-refractivity contribution in [3.63, 3.8) is 0 Å². The van der Waals surface area contributed by atoms with Crippen molar-refractivity contribution in [2.75, 3.05) is 20.0 Å². The number of rotatable bonds is 4. The predicted octanol–water partition coefficient (Wildman–Crippen LogP) is 5.79. The van der Waals surface area contributed by atoms with Gasteiger partial charge in [0.1, 0.15) is 8.24 Å². The minimum Gasteiger partial charge on any atom is -0.299 e. The summed E-state index contributed by atoms with van der Waals surface area (Å²) >= 11 is 0. The summed E-state index contributed by atoms with van der Waals surface area (Å²) in [7, 11) is -1.64. The van der Waals surface area contributed by atoms with Gasteiger partial charge >= 0.3 is 0 Å². The zero-order valence-corrected chi connectivity index (χ0v) is 21.7. The van der Waals surface area contributed by atoms with Crippen molar-refractivity contribution in [3.8, 4) is 0 Å². The van der Waals surface area contributed by atoms with Crippen LogP contribution in [0.25, 0.3) is 5.57 Å². The van der Waals surface area contributed by atoms with E-state index in [4.69, 9.17) is 0 Å². The molecule has 170 valence electrons. The van der Waals surface area contributed by atoms with Gasteiger partial charge in [-0.15, -0.1) is 0 Å². The van der Waals surface area contributed by atoms with Crippen molar-refractivity contribution >= 4 is 13.8 Å². The standard InChI is InChI=1S/C27H43N3Si/c1-19(2)24-15-25-22(20-11-13-21(14-12-20)27(3,4)5)9-8-10-23(25)26(24)31(6,7)30-17-28-16-29-18-30/h8-14,19,23-26,28-29H,15-18H2,1-7H3. The van der Waals surface area contributed by atoms with E-state index in [0.29, 0.717) is 11.8 Å². The molecular formula is C27H43N3Si. The van der Waals surface area contributed by atoms with E-state index < -0.39 is 8.24 Å². The normalized spacial score (nSPS) is 29.9. The van der Waals surface area contributed by atoms with Crippen LogP contribution in [0.15, 0.2) is 42.5 Å². The van der Waals surface area contributed by atoms with Crippen LogP contribution >= 0.6 is 0 Å². The van der Waals surface area contributed by atoms with Crippen molar-refractivity contribution in [1.29, 1.82) is 0 Å². The maximum Gasteiger partial charge on any atom is 0.129 e. The lowest BCUT2D eigenvalue weighted by molar-refractivity contribution is 0.272. The van der Waals surface area contributed by atoms with Gasteiger partial charge < -0.3 is 0 Å². The summed E-state index contributed by atoms with van der Waals surface area (Å²) in [6.45, 7) is 20.0. The lowest BCUT2D eigenvalue weighted by Gasteiger charge is -2.48. The number of nitrogens with one attached hydrogen (secondary N) is 2. The van der Waals surface area contributed by atoms with Crippen molar-refractivity contribution in [2.45, 2.75) is 65.1 Å². The van der Waals surface area contributed by atoms with Crippen LogP contribution in [0, 0.1) is 23.7 Å². The van der Waals surface area contributed by atoms with Crippen LogP contribution in [0.4, 0.5) is 0 Å². The average Bonchev–Trinajstić information content (AvgIpc) is 3.15. The zero-order valence-electron chi connectivity index (χ0n) is 20.7. The fourth-order valence-corrected chi connectivity index (χ4v) is 10.7. The summed E-state index contributed by atoms with van der Waals surface area (Å²) in [5.74, 6) is 2.84. The van der Waals surface area contributed by atoms with E-state index in [1.54, 1.807) is 5.57 Å². The molecule has 3 aliphatic rings. The number of hydrogen-bond donors (Lipinski definition) is 2. The first kappa shape index (κ1) is 23.0. The van der Waals surface area contributed by atoms with E-state index in [0.717, 1.165) is 37.4 Å². The van der Waals surface area contributed by atoms with Gasteiger partial charge in [0.15, 0.2) is 0 Å². The maximum absolute atomic E-state index is 3.55. The molecule has 0 radical (unpaired) electrons. The van der Waals surface area contributed by atoms with Gasteiger partial charge in [-0.1, -0.05) is 90.2 Å². The van der Waals surface area contributed by atoms with E-state index in [1.807, 2.05) is 0 Å². The fourth-order valence-electron chi connectivity index (χ4n) is 6.43. The van der Waals surface area contributed by atoms with Crippen LogP contribution in [-0.4, -0.2) is 32.8 Å². The number of hydrogen-bond acceptors (Lipinski definition) is 3. The first-order valence-electron chi connectivity index (χ1n) is 12.3.